The molecule has 0 unspecified atom stereocenters. The highest BCUT2D eigenvalue weighted by Crippen LogP contribution is 2.25. The van der Waals surface area contributed by atoms with Gasteiger partial charge in [0.05, 0.1) is 10.7 Å². The Morgan fingerprint density at radius 2 is 2.15 bits per heavy atom. The van der Waals surface area contributed by atoms with Crippen LogP contribution < -0.4 is 4.72 Å². The SMILES string of the molecule is CC(C)(CNS(=O)(=O)N1CCC1)c1ncc(Cl)cc1F. The van der Waals surface area contributed by atoms with Crippen molar-refractivity contribution in [2.24, 2.45) is 0 Å². The number of nitrogens with one attached hydrogen (secondary N) is 1. The molecule has 1 aromatic heterocycles. The number of pyridine rings is 1. The van der Waals surface area contributed by atoms with Crippen LogP contribution in [0.5, 0.6) is 0 Å². The molecule has 0 atom stereocenters. The second-order valence-corrected chi connectivity index (χ2v) is 7.64. The highest BCUT2D eigenvalue weighted by atomic mass is 35.5. The first kappa shape index (κ1) is 15.6. The van der Waals surface area contributed by atoms with Crippen molar-refractivity contribution in [3.63, 3.8) is 0 Å². The fourth-order valence-electron chi connectivity index (χ4n) is 1.89. The number of nitrogens with zero attached hydrogens (tertiary/aromatic N) is 2. The van der Waals surface area contributed by atoms with Gasteiger partial charge < -0.3 is 0 Å². The zero-order valence-corrected chi connectivity index (χ0v) is 12.9. The molecule has 0 aliphatic carbocycles. The van der Waals surface area contributed by atoms with E-state index in [2.05, 4.69) is 9.71 Å². The summed E-state index contributed by atoms with van der Waals surface area (Å²) in [5.74, 6) is -0.536. The lowest BCUT2D eigenvalue weighted by Crippen LogP contribution is -2.50. The van der Waals surface area contributed by atoms with Crippen LogP contribution in [0.25, 0.3) is 0 Å². The van der Waals surface area contributed by atoms with Crippen LogP contribution in [0, 0.1) is 5.82 Å². The number of aromatic nitrogens is 1. The first-order valence-corrected chi connectivity index (χ1v) is 8.10. The number of hydrogen-bond acceptors (Lipinski definition) is 3. The Morgan fingerprint density at radius 3 is 2.65 bits per heavy atom. The van der Waals surface area contributed by atoms with Gasteiger partial charge in [0.25, 0.3) is 10.2 Å². The lowest BCUT2D eigenvalue weighted by Gasteiger charge is -2.32. The average Bonchev–Trinajstić information content (AvgIpc) is 2.23. The number of halogens is 2. The summed E-state index contributed by atoms with van der Waals surface area (Å²) in [6.07, 6.45) is 2.23. The van der Waals surface area contributed by atoms with Crippen LogP contribution in [0.4, 0.5) is 4.39 Å². The van der Waals surface area contributed by atoms with Gasteiger partial charge in [-0.25, -0.2) is 9.11 Å². The Balaban J connectivity index is 2.10. The van der Waals surface area contributed by atoms with Gasteiger partial charge in [0, 0.05) is 31.2 Å². The average molecular weight is 322 g/mol. The molecule has 5 nitrogen and oxygen atoms in total. The van der Waals surface area contributed by atoms with E-state index < -0.39 is 21.4 Å². The number of hydrogen-bond donors (Lipinski definition) is 1. The van der Waals surface area contributed by atoms with E-state index in [0.29, 0.717) is 13.1 Å². The molecule has 8 heteroatoms. The van der Waals surface area contributed by atoms with Gasteiger partial charge in [-0.05, 0) is 12.5 Å². The monoisotopic (exact) mass is 321 g/mol. The highest BCUT2D eigenvalue weighted by molar-refractivity contribution is 7.87. The van der Waals surface area contributed by atoms with E-state index in [1.165, 1.54) is 16.6 Å². The summed E-state index contributed by atoms with van der Waals surface area (Å²) >= 11 is 5.66. The van der Waals surface area contributed by atoms with Gasteiger partial charge in [0.2, 0.25) is 0 Å². The molecule has 112 valence electrons. The van der Waals surface area contributed by atoms with Crippen LogP contribution in [-0.2, 0) is 15.6 Å². The largest absolute Gasteiger partial charge is 0.279 e. The van der Waals surface area contributed by atoms with Crippen molar-refractivity contribution in [3.05, 3.63) is 28.8 Å². The Labute approximate surface area is 123 Å². The summed E-state index contributed by atoms with van der Waals surface area (Å²) in [4.78, 5) is 3.97. The Kier molecular flexibility index (Phi) is 4.34. The molecule has 0 bridgehead atoms. The molecule has 1 aliphatic heterocycles. The zero-order valence-electron chi connectivity index (χ0n) is 11.4. The van der Waals surface area contributed by atoms with Crippen LogP contribution in [0.15, 0.2) is 12.3 Å². The fraction of sp³-hybridized carbons (Fsp3) is 0.583. The summed E-state index contributed by atoms with van der Waals surface area (Å²) in [7, 11) is -3.48. The summed E-state index contributed by atoms with van der Waals surface area (Å²) in [5.41, 5.74) is -0.583. The lowest BCUT2D eigenvalue weighted by atomic mass is 9.89. The second kappa shape index (κ2) is 5.55. The van der Waals surface area contributed by atoms with Crippen LogP contribution in [0.1, 0.15) is 26.0 Å². The van der Waals surface area contributed by atoms with E-state index in [9.17, 15) is 12.8 Å². The standard InChI is InChI=1S/C12H17ClFN3O2S/c1-12(2,11-10(14)6-9(13)7-15-11)8-16-20(18,19)17-4-3-5-17/h6-7,16H,3-5,8H2,1-2H3. The van der Waals surface area contributed by atoms with E-state index in [0.717, 1.165) is 6.42 Å². The van der Waals surface area contributed by atoms with E-state index in [1.54, 1.807) is 13.8 Å². The van der Waals surface area contributed by atoms with Crippen molar-refractivity contribution in [3.8, 4) is 0 Å². The minimum atomic E-state index is -3.48. The van der Waals surface area contributed by atoms with E-state index >= 15 is 0 Å². The van der Waals surface area contributed by atoms with Gasteiger partial charge in [-0.3, -0.25) is 4.98 Å². The predicted molar refractivity (Wildman–Crippen MR) is 75.3 cm³/mol. The maximum absolute atomic E-state index is 13.9. The first-order valence-electron chi connectivity index (χ1n) is 6.29. The van der Waals surface area contributed by atoms with Gasteiger partial charge in [-0.2, -0.15) is 12.7 Å². The van der Waals surface area contributed by atoms with E-state index in [1.807, 2.05) is 0 Å². The van der Waals surface area contributed by atoms with Gasteiger partial charge in [0.15, 0.2) is 0 Å². The summed E-state index contributed by atoms with van der Waals surface area (Å²) in [5, 5.41) is 0.211. The summed E-state index contributed by atoms with van der Waals surface area (Å²) in [6, 6.07) is 1.18. The topological polar surface area (TPSA) is 62.3 Å². The van der Waals surface area contributed by atoms with Gasteiger partial charge >= 0.3 is 0 Å². The van der Waals surface area contributed by atoms with E-state index in [-0.39, 0.29) is 17.3 Å². The van der Waals surface area contributed by atoms with Crippen LogP contribution >= 0.6 is 11.6 Å². The van der Waals surface area contributed by atoms with Crippen LogP contribution in [-0.4, -0.2) is 37.3 Å². The molecule has 1 aliphatic rings. The minimum absolute atomic E-state index is 0.0669. The van der Waals surface area contributed by atoms with Crippen LogP contribution in [0.2, 0.25) is 5.02 Å². The number of rotatable bonds is 5. The lowest BCUT2D eigenvalue weighted by molar-refractivity contribution is 0.302. The van der Waals surface area contributed by atoms with Gasteiger partial charge in [-0.15, -0.1) is 0 Å². The first-order chi connectivity index (χ1) is 9.22. The maximum atomic E-state index is 13.9. The molecule has 0 aromatic carbocycles. The molecule has 1 aromatic rings. The molecule has 0 radical (unpaired) electrons. The molecule has 0 saturated carbocycles. The maximum Gasteiger partial charge on any atom is 0.279 e. The normalized spacial score (nSPS) is 17.0. The highest BCUT2D eigenvalue weighted by Gasteiger charge is 2.32. The molecular weight excluding hydrogens is 305 g/mol. The fourth-order valence-corrected chi connectivity index (χ4v) is 3.50. The second-order valence-electron chi connectivity index (χ2n) is 5.45. The van der Waals surface area contributed by atoms with Gasteiger partial charge in [-0.1, -0.05) is 25.4 Å². The molecule has 1 fully saturated rings. The molecular formula is C12H17ClFN3O2S. The smallest absolute Gasteiger partial charge is 0.256 e. The molecule has 0 spiro atoms. The summed E-state index contributed by atoms with van der Waals surface area (Å²) < 4.78 is 41.5. The van der Waals surface area contributed by atoms with Crippen molar-refractivity contribution in [1.29, 1.82) is 0 Å². The molecule has 1 N–H and O–H groups in total. The molecule has 2 rings (SSSR count). The Bertz CT molecular complexity index is 603. The zero-order chi connectivity index (χ0) is 15.0. The molecule has 0 amide bonds. The van der Waals surface area contributed by atoms with Crippen molar-refractivity contribution in [1.82, 2.24) is 14.0 Å². The quantitative estimate of drug-likeness (QED) is 0.897. The van der Waals surface area contributed by atoms with Crippen LogP contribution in [0.3, 0.4) is 0 Å². The molecule has 20 heavy (non-hydrogen) atoms. The third-order valence-electron chi connectivity index (χ3n) is 3.30. The van der Waals surface area contributed by atoms with Crippen molar-refractivity contribution in [2.45, 2.75) is 25.7 Å². The van der Waals surface area contributed by atoms with Gasteiger partial charge in [0.1, 0.15) is 5.82 Å². The third kappa shape index (κ3) is 3.28. The molecule has 2 heterocycles. The van der Waals surface area contributed by atoms with Crippen molar-refractivity contribution in [2.75, 3.05) is 19.6 Å². The van der Waals surface area contributed by atoms with Crippen molar-refractivity contribution >= 4 is 21.8 Å². The predicted octanol–water partition coefficient (Wildman–Crippen LogP) is 1.69. The minimum Gasteiger partial charge on any atom is -0.256 e. The third-order valence-corrected chi connectivity index (χ3v) is 5.06. The van der Waals surface area contributed by atoms with Crippen molar-refractivity contribution < 1.29 is 12.8 Å². The Morgan fingerprint density at radius 1 is 1.50 bits per heavy atom. The molecule has 1 saturated heterocycles. The Hall–Kier alpha value is -0.760. The summed E-state index contributed by atoms with van der Waals surface area (Å²) in [6.45, 7) is 4.58. The van der Waals surface area contributed by atoms with E-state index in [4.69, 9.17) is 11.6 Å².